The van der Waals surface area contributed by atoms with Gasteiger partial charge >= 0.3 is 12.0 Å². The van der Waals surface area contributed by atoms with E-state index in [1.165, 1.54) is 12.1 Å². The molecule has 0 atom stereocenters. The van der Waals surface area contributed by atoms with E-state index in [9.17, 15) is 13.6 Å². The number of urea groups is 1. The normalized spacial score (nSPS) is 14.0. The van der Waals surface area contributed by atoms with Gasteiger partial charge in [0.15, 0.2) is 0 Å². The number of amides is 2. The van der Waals surface area contributed by atoms with Gasteiger partial charge in [0.25, 0.3) is 0 Å². The number of nitrogens with one attached hydrogen (secondary N) is 2. The molecule has 2 heterocycles. The van der Waals surface area contributed by atoms with Crippen LogP contribution in [-0.4, -0.2) is 79.3 Å². The molecule has 1 aliphatic heterocycles. The number of rotatable bonds is 10. The van der Waals surface area contributed by atoms with E-state index in [1.54, 1.807) is 19.2 Å². The largest absolute Gasteiger partial charge is 0.496 e. The predicted octanol–water partition coefficient (Wildman–Crippen LogP) is 6.02. The lowest BCUT2D eigenvalue weighted by atomic mass is 10.2. The molecule has 0 aliphatic carbocycles. The maximum atomic E-state index is 13.9. The lowest BCUT2D eigenvalue weighted by molar-refractivity contribution is 0.144. The molecule has 5 rings (SSSR count). The first-order valence-electron chi connectivity index (χ1n) is 13.7. The van der Waals surface area contributed by atoms with Crippen molar-refractivity contribution in [2.75, 3.05) is 64.1 Å². The third-order valence-corrected chi connectivity index (χ3v) is 7.19. The van der Waals surface area contributed by atoms with Gasteiger partial charge in [0.05, 0.1) is 35.6 Å². The third kappa shape index (κ3) is 7.78. The Bertz CT molecular complexity index is 1600. The molecule has 1 aromatic heterocycles. The number of anilines is 2. The summed E-state index contributed by atoms with van der Waals surface area (Å²) in [5.41, 5.74) is 0.632. The molecule has 226 valence electrons. The minimum Gasteiger partial charge on any atom is -0.496 e. The lowest BCUT2D eigenvalue weighted by Crippen LogP contribution is -2.44. The van der Waals surface area contributed by atoms with Gasteiger partial charge in [0.1, 0.15) is 28.5 Å². The van der Waals surface area contributed by atoms with E-state index in [1.807, 2.05) is 12.1 Å². The second-order valence-corrected chi connectivity index (χ2v) is 10.4. The summed E-state index contributed by atoms with van der Waals surface area (Å²) in [6.07, 6.45) is 0.824. The van der Waals surface area contributed by atoms with Crippen LogP contribution in [0.1, 0.15) is 6.42 Å². The number of methoxy groups -OCH3 is 1. The average Bonchev–Trinajstić information content (AvgIpc) is 2.98. The van der Waals surface area contributed by atoms with E-state index in [0.717, 1.165) is 51.3 Å². The van der Waals surface area contributed by atoms with Crippen LogP contribution in [0.25, 0.3) is 10.9 Å². The molecule has 13 heteroatoms. The molecule has 4 aromatic rings. The van der Waals surface area contributed by atoms with Gasteiger partial charge < -0.3 is 34.6 Å². The molecule has 1 saturated heterocycles. The molecule has 0 radical (unpaired) electrons. The van der Waals surface area contributed by atoms with Crippen LogP contribution in [0, 0.1) is 11.6 Å². The molecule has 2 amide bonds. The molecule has 0 saturated carbocycles. The van der Waals surface area contributed by atoms with Crippen molar-refractivity contribution in [1.82, 2.24) is 19.8 Å². The summed E-state index contributed by atoms with van der Waals surface area (Å²) >= 11 is 6.42. The number of hydrogen-bond donors (Lipinski definition) is 2. The van der Waals surface area contributed by atoms with E-state index in [4.69, 9.17) is 25.8 Å². The number of likely N-dealkylation sites (N-methyl/N-ethyl adjacent to an activating group) is 1. The Morgan fingerprint density at radius 3 is 2.51 bits per heavy atom. The van der Waals surface area contributed by atoms with Gasteiger partial charge in [-0.2, -0.15) is 9.97 Å². The van der Waals surface area contributed by atoms with Crippen molar-refractivity contribution >= 4 is 39.9 Å². The first kappa shape index (κ1) is 30.2. The second kappa shape index (κ2) is 13.8. The zero-order valence-electron chi connectivity index (χ0n) is 23.7. The molecule has 3 aromatic carbocycles. The zero-order valence-corrected chi connectivity index (χ0v) is 24.5. The van der Waals surface area contributed by atoms with Crippen molar-refractivity contribution in [2.45, 2.75) is 6.42 Å². The fourth-order valence-corrected chi connectivity index (χ4v) is 4.79. The number of hydrogen-bond acceptors (Lipinski definition) is 8. The average molecular weight is 613 g/mol. The van der Waals surface area contributed by atoms with Crippen LogP contribution in [0.4, 0.5) is 25.0 Å². The quantitative estimate of drug-likeness (QED) is 0.210. The predicted molar refractivity (Wildman–Crippen MR) is 161 cm³/mol. The van der Waals surface area contributed by atoms with E-state index in [2.05, 4.69) is 37.4 Å². The number of benzene rings is 3. The highest BCUT2D eigenvalue weighted by Crippen LogP contribution is 2.37. The molecule has 2 N–H and O–H groups in total. The Balaban J connectivity index is 1.28. The molecular formula is C30H31ClF2N6O4. The van der Waals surface area contributed by atoms with Gasteiger partial charge in [-0.15, -0.1) is 0 Å². The molecule has 0 spiro atoms. The Hall–Kier alpha value is -4.26. The summed E-state index contributed by atoms with van der Waals surface area (Å²) in [5.74, 6) is -0.611. The monoisotopic (exact) mass is 612 g/mol. The summed E-state index contributed by atoms with van der Waals surface area (Å²) in [4.78, 5) is 26.2. The minimum atomic E-state index is -0.907. The van der Waals surface area contributed by atoms with Crippen molar-refractivity contribution < 1.29 is 27.8 Å². The summed E-state index contributed by atoms with van der Waals surface area (Å²) in [7, 11) is 3.67. The second-order valence-electron chi connectivity index (χ2n) is 9.96. The van der Waals surface area contributed by atoms with E-state index in [0.29, 0.717) is 35.1 Å². The zero-order chi connectivity index (χ0) is 30.3. The Kier molecular flexibility index (Phi) is 9.70. The number of halogens is 3. The Morgan fingerprint density at radius 1 is 1.00 bits per heavy atom. The SMILES string of the molecule is COc1cccc2nc(OCCCN3CCN(C)CC3)nc(Oc3ccc(NC(=O)Nc4ccc(F)cc4F)c(Cl)c3)c12. The third-order valence-electron chi connectivity index (χ3n) is 6.88. The van der Waals surface area contributed by atoms with E-state index in [-0.39, 0.29) is 28.3 Å². The Labute approximate surface area is 252 Å². The van der Waals surface area contributed by atoms with Gasteiger partial charge in [0.2, 0.25) is 5.88 Å². The molecular weight excluding hydrogens is 582 g/mol. The number of carbonyl (C=O) groups is 1. The standard InChI is InChI=1S/C30H31ClF2N6O4/c1-38-12-14-39(15-13-38)11-4-16-42-30-36-25-5-3-6-26(41-2)27(25)28(37-30)43-20-8-10-23(21(31)18-20)34-29(40)35-24-9-7-19(32)17-22(24)33/h3,5-10,17-18H,4,11-16H2,1-2H3,(H2,34,35,40). The molecule has 1 fully saturated rings. The summed E-state index contributed by atoms with van der Waals surface area (Å²) < 4.78 is 44.6. The number of ether oxygens (including phenoxy) is 3. The van der Waals surface area contributed by atoms with Crippen LogP contribution in [0.5, 0.6) is 23.4 Å². The smallest absolute Gasteiger partial charge is 0.323 e. The van der Waals surface area contributed by atoms with Gasteiger partial charge in [-0.05, 0) is 49.9 Å². The Morgan fingerprint density at radius 2 is 1.77 bits per heavy atom. The highest BCUT2D eigenvalue weighted by Gasteiger charge is 2.18. The first-order valence-corrected chi connectivity index (χ1v) is 14.1. The maximum Gasteiger partial charge on any atom is 0.323 e. The molecule has 0 unspecified atom stereocenters. The lowest BCUT2D eigenvalue weighted by Gasteiger charge is -2.32. The fourth-order valence-electron chi connectivity index (χ4n) is 4.57. The number of piperazine rings is 1. The van der Waals surface area contributed by atoms with E-state index >= 15 is 0 Å². The van der Waals surface area contributed by atoms with Gasteiger partial charge in [0, 0.05) is 44.9 Å². The van der Waals surface area contributed by atoms with Crippen molar-refractivity contribution in [3.63, 3.8) is 0 Å². The highest BCUT2D eigenvalue weighted by atomic mass is 35.5. The molecule has 1 aliphatic rings. The molecule has 0 bridgehead atoms. The topological polar surface area (TPSA) is 101 Å². The van der Waals surface area contributed by atoms with Gasteiger partial charge in [-0.3, -0.25) is 0 Å². The van der Waals surface area contributed by atoms with Crippen molar-refractivity contribution in [3.05, 3.63) is 71.3 Å². The van der Waals surface area contributed by atoms with Crippen molar-refractivity contribution in [2.24, 2.45) is 0 Å². The number of aromatic nitrogens is 2. The minimum absolute atomic E-state index is 0.151. The molecule has 10 nitrogen and oxygen atoms in total. The summed E-state index contributed by atoms with van der Waals surface area (Å²) in [5, 5.41) is 5.55. The van der Waals surface area contributed by atoms with Gasteiger partial charge in [-0.1, -0.05) is 17.7 Å². The first-order chi connectivity index (χ1) is 20.8. The van der Waals surface area contributed by atoms with Crippen LogP contribution < -0.4 is 24.8 Å². The van der Waals surface area contributed by atoms with E-state index < -0.39 is 17.7 Å². The van der Waals surface area contributed by atoms with Crippen molar-refractivity contribution in [3.8, 4) is 23.4 Å². The highest BCUT2D eigenvalue weighted by molar-refractivity contribution is 6.34. The number of fused-ring (bicyclic) bond motifs is 1. The van der Waals surface area contributed by atoms with Crippen LogP contribution in [0.15, 0.2) is 54.6 Å². The van der Waals surface area contributed by atoms with Crippen LogP contribution in [0.3, 0.4) is 0 Å². The number of carbonyl (C=O) groups excluding carboxylic acids is 1. The fraction of sp³-hybridized carbons (Fsp3) is 0.300. The summed E-state index contributed by atoms with van der Waals surface area (Å²) in [6, 6.07) is 12.2. The number of nitrogens with zero attached hydrogens (tertiary/aromatic N) is 4. The molecule has 43 heavy (non-hydrogen) atoms. The maximum absolute atomic E-state index is 13.9. The summed E-state index contributed by atoms with van der Waals surface area (Å²) in [6.45, 7) is 5.55. The van der Waals surface area contributed by atoms with Crippen LogP contribution in [0.2, 0.25) is 5.02 Å². The van der Waals surface area contributed by atoms with Gasteiger partial charge in [-0.25, -0.2) is 13.6 Å². The van der Waals surface area contributed by atoms with Crippen LogP contribution >= 0.6 is 11.6 Å². The van der Waals surface area contributed by atoms with Crippen LogP contribution in [-0.2, 0) is 0 Å². The van der Waals surface area contributed by atoms with Crippen molar-refractivity contribution in [1.29, 1.82) is 0 Å².